The van der Waals surface area contributed by atoms with Crippen molar-refractivity contribution in [3.05, 3.63) is 121 Å². The maximum absolute atomic E-state index is 14.3. The van der Waals surface area contributed by atoms with Gasteiger partial charge in [0, 0.05) is 0 Å². The van der Waals surface area contributed by atoms with Crippen LogP contribution in [0.3, 0.4) is 0 Å². The van der Waals surface area contributed by atoms with Crippen LogP contribution in [0.25, 0.3) is 0 Å². The summed E-state index contributed by atoms with van der Waals surface area (Å²) < 4.78 is 60.1. The maximum atomic E-state index is 14.3. The average molecular weight is 631 g/mol. The first-order valence-corrected chi connectivity index (χ1v) is 19.8. The molecule has 0 N–H and O–H groups in total. The Morgan fingerprint density at radius 3 is 1.17 bits per heavy atom. The molecular formula is C33H39F3N2OP2S. The zero-order valence-electron chi connectivity index (χ0n) is 24.2. The molecule has 4 aromatic carbocycles. The predicted octanol–water partition coefficient (Wildman–Crippen LogP) is 6.57. The van der Waals surface area contributed by atoms with E-state index < -0.39 is 37.4 Å². The van der Waals surface area contributed by atoms with Crippen LogP contribution < -0.4 is 21.2 Å². The topological polar surface area (TPSA) is 29.5 Å². The van der Waals surface area contributed by atoms with E-state index in [4.69, 9.17) is 0 Å². The molecule has 4 aromatic rings. The number of nitrogens with zero attached hydrogens (tertiary/aromatic N) is 2. The van der Waals surface area contributed by atoms with Crippen LogP contribution in [-0.4, -0.2) is 43.8 Å². The van der Waals surface area contributed by atoms with Gasteiger partial charge in [-0.1, -0.05) is 0 Å². The van der Waals surface area contributed by atoms with E-state index in [9.17, 15) is 17.7 Å². The number of hydrogen-bond donors (Lipinski definition) is 0. The Hall–Kier alpha value is -2.24. The van der Waals surface area contributed by atoms with Crippen molar-refractivity contribution in [3.8, 4) is 0 Å². The monoisotopic (exact) mass is 630 g/mol. The van der Waals surface area contributed by atoms with Crippen LogP contribution in [0.5, 0.6) is 0 Å². The van der Waals surface area contributed by atoms with Crippen molar-refractivity contribution in [2.24, 2.45) is 0 Å². The van der Waals surface area contributed by atoms with E-state index in [1.54, 1.807) is 0 Å². The molecule has 1 saturated heterocycles. The zero-order chi connectivity index (χ0) is 30.0. The second-order valence-electron chi connectivity index (χ2n) is 10.9. The Kier molecular flexibility index (Phi) is 9.21. The van der Waals surface area contributed by atoms with Gasteiger partial charge in [-0.05, 0) is 0 Å². The molecule has 0 saturated carbocycles. The predicted molar refractivity (Wildman–Crippen MR) is 178 cm³/mol. The Morgan fingerprint density at radius 1 is 0.643 bits per heavy atom. The van der Waals surface area contributed by atoms with Gasteiger partial charge in [0.1, 0.15) is 0 Å². The Morgan fingerprint density at radius 2 is 0.929 bits per heavy atom. The Balaban J connectivity index is 1.96. The molecule has 42 heavy (non-hydrogen) atoms. The van der Waals surface area contributed by atoms with Crippen molar-refractivity contribution in [1.82, 2.24) is 8.75 Å². The second-order valence-corrected chi connectivity index (χ2v) is 20.5. The molecule has 0 radical (unpaired) electrons. The molecule has 1 aliphatic rings. The minimum atomic E-state index is -4.88. The van der Waals surface area contributed by atoms with Gasteiger partial charge in [-0.3, -0.25) is 0 Å². The molecule has 0 amide bonds. The standard InChI is InChI=1S/C33H39F3N2OP2S/c1-4-32(5-2,37(3)42(39)33(34,35)36)38-40(28-18-10-6-11-19-28,29-20-12-7-13-21-29)26-27-41(38,30-22-14-8-15-23-30)31-24-16-9-17-25-31/h6-25,40-41H,4-5,26-27H2,1-3H3. The van der Waals surface area contributed by atoms with Crippen molar-refractivity contribution < 1.29 is 17.7 Å². The number of halogens is 3. The summed E-state index contributed by atoms with van der Waals surface area (Å²) in [6, 6.07) is 41.5. The van der Waals surface area contributed by atoms with Gasteiger partial charge >= 0.3 is 252 Å². The van der Waals surface area contributed by atoms with E-state index >= 15 is 0 Å². The number of alkyl halides is 3. The van der Waals surface area contributed by atoms with E-state index in [-0.39, 0.29) is 0 Å². The van der Waals surface area contributed by atoms with Crippen LogP contribution in [0.15, 0.2) is 121 Å². The van der Waals surface area contributed by atoms with E-state index in [2.05, 4.69) is 53.0 Å². The third-order valence-electron chi connectivity index (χ3n) is 9.20. The normalized spacial score (nSPS) is 19.3. The molecule has 0 spiro atoms. The summed E-state index contributed by atoms with van der Waals surface area (Å²) in [5.41, 5.74) is -6.02. The molecule has 0 aliphatic carbocycles. The molecule has 9 heteroatoms. The van der Waals surface area contributed by atoms with Gasteiger partial charge in [-0.2, -0.15) is 0 Å². The third kappa shape index (κ3) is 5.03. The molecule has 5 rings (SSSR count). The molecule has 0 aromatic heterocycles. The van der Waals surface area contributed by atoms with Crippen LogP contribution in [0, 0.1) is 0 Å². The Labute approximate surface area is 251 Å². The summed E-state index contributed by atoms with van der Waals surface area (Å²) in [4.78, 5) is 0. The second kappa shape index (κ2) is 12.4. The van der Waals surface area contributed by atoms with Crippen molar-refractivity contribution >= 4 is 47.4 Å². The summed E-state index contributed by atoms with van der Waals surface area (Å²) in [7, 11) is -4.60. The molecule has 1 unspecified atom stereocenters. The van der Waals surface area contributed by atoms with Crippen LogP contribution >= 0.6 is 14.8 Å². The van der Waals surface area contributed by atoms with E-state index in [0.29, 0.717) is 12.8 Å². The van der Waals surface area contributed by atoms with Gasteiger partial charge in [0.15, 0.2) is 0 Å². The van der Waals surface area contributed by atoms with Gasteiger partial charge in [-0.15, -0.1) is 0 Å². The van der Waals surface area contributed by atoms with Gasteiger partial charge < -0.3 is 0 Å². The van der Waals surface area contributed by atoms with Crippen LogP contribution in [0.4, 0.5) is 13.2 Å². The molecule has 224 valence electrons. The summed E-state index contributed by atoms with van der Waals surface area (Å²) in [6.45, 7) is 3.91. The van der Waals surface area contributed by atoms with E-state index in [1.165, 1.54) is 7.05 Å². The van der Waals surface area contributed by atoms with Gasteiger partial charge in [0.2, 0.25) is 0 Å². The minimum absolute atomic E-state index is 0.380. The van der Waals surface area contributed by atoms with E-state index in [0.717, 1.165) is 37.8 Å². The van der Waals surface area contributed by atoms with Gasteiger partial charge in [-0.25, -0.2) is 0 Å². The molecule has 1 atom stereocenters. The molecule has 1 aliphatic heterocycles. The van der Waals surface area contributed by atoms with E-state index in [1.807, 2.05) is 86.6 Å². The fraction of sp³-hybridized carbons (Fsp3) is 0.273. The number of benzene rings is 4. The fourth-order valence-corrected chi connectivity index (χ4v) is 24.8. The number of hydrogen-bond acceptors (Lipinski definition) is 3. The average Bonchev–Trinajstić information content (AvgIpc) is 3.41. The molecule has 1 fully saturated rings. The van der Waals surface area contributed by atoms with Crippen molar-refractivity contribution in [2.45, 2.75) is 37.9 Å². The molecule has 3 nitrogen and oxygen atoms in total. The van der Waals surface area contributed by atoms with Gasteiger partial charge in [0.25, 0.3) is 0 Å². The molecule has 1 heterocycles. The first-order valence-electron chi connectivity index (χ1n) is 14.4. The van der Waals surface area contributed by atoms with Crippen molar-refractivity contribution in [2.75, 3.05) is 19.4 Å². The fourth-order valence-electron chi connectivity index (χ4n) is 7.37. The SMILES string of the molecule is CCC(CC)(N(C)[S+]([O-])C(F)(F)F)N1[PH](c2ccccc2)(c2ccccc2)CC[PH]1(c1ccccc1)c1ccccc1. The van der Waals surface area contributed by atoms with Crippen molar-refractivity contribution in [1.29, 1.82) is 0 Å². The summed E-state index contributed by atoms with van der Waals surface area (Å²) >= 11 is -3.20. The van der Waals surface area contributed by atoms with Crippen LogP contribution in [-0.2, 0) is 11.4 Å². The summed E-state index contributed by atoms with van der Waals surface area (Å²) in [6.07, 6.45) is 2.44. The quantitative estimate of drug-likeness (QED) is 0.155. The molecule has 0 bridgehead atoms. The van der Waals surface area contributed by atoms with Crippen molar-refractivity contribution in [3.63, 3.8) is 0 Å². The van der Waals surface area contributed by atoms with Gasteiger partial charge in [0.05, 0.1) is 0 Å². The Bertz CT molecular complexity index is 1270. The summed E-state index contributed by atoms with van der Waals surface area (Å²) in [5, 5.41) is 4.65. The number of rotatable bonds is 9. The van der Waals surface area contributed by atoms with Crippen LogP contribution in [0.1, 0.15) is 26.7 Å². The van der Waals surface area contributed by atoms with Crippen LogP contribution in [0.2, 0.25) is 0 Å². The summed E-state index contributed by atoms with van der Waals surface area (Å²) in [5.74, 6) is 0. The third-order valence-corrected chi connectivity index (χ3v) is 22.7. The first-order chi connectivity index (χ1) is 20.2. The zero-order valence-corrected chi connectivity index (χ0v) is 27.0. The molecular weight excluding hydrogens is 591 g/mol. The first kappa shape index (κ1) is 31.2.